The van der Waals surface area contributed by atoms with Crippen LogP contribution < -0.4 is 4.74 Å². The van der Waals surface area contributed by atoms with E-state index >= 15 is 0 Å². The normalized spacial score (nSPS) is 16.9. The van der Waals surface area contributed by atoms with Crippen molar-refractivity contribution in [3.63, 3.8) is 0 Å². The first-order chi connectivity index (χ1) is 11.6. The first-order valence-electron chi connectivity index (χ1n) is 8.59. The lowest BCUT2D eigenvalue weighted by atomic mass is 9.77. The Balaban J connectivity index is 2.07. The van der Waals surface area contributed by atoms with Crippen LogP contribution in [0.5, 0.6) is 5.75 Å². The maximum atomic E-state index is 6.15. The Hall–Kier alpha value is -2.54. The van der Waals surface area contributed by atoms with Gasteiger partial charge in [-0.1, -0.05) is 62.4 Å². The smallest absolute Gasteiger partial charge is 0.135 e. The van der Waals surface area contributed by atoms with Gasteiger partial charge in [0.2, 0.25) is 0 Å². The largest absolute Gasteiger partial charge is 0.488 e. The van der Waals surface area contributed by atoms with E-state index in [-0.39, 0.29) is 5.41 Å². The molecule has 1 aliphatic heterocycles. The highest BCUT2D eigenvalue weighted by Gasteiger charge is 2.40. The van der Waals surface area contributed by atoms with E-state index in [2.05, 4.69) is 75.4 Å². The lowest BCUT2D eigenvalue weighted by molar-refractivity contribution is 0.360. The minimum atomic E-state index is -0.0180. The van der Waals surface area contributed by atoms with E-state index in [4.69, 9.17) is 4.74 Å². The van der Waals surface area contributed by atoms with Crippen LogP contribution in [0.1, 0.15) is 37.5 Å². The fraction of sp³-hybridized carbons (Fsp3) is 0.217. The SMILES string of the molecule is CC1=CCOc2c1c1c(c3ccccc23)-c2ccccc2C1(C)C. The molecule has 0 bridgehead atoms. The van der Waals surface area contributed by atoms with Gasteiger partial charge in [-0.05, 0) is 46.2 Å². The molecule has 0 saturated heterocycles. The Morgan fingerprint density at radius 3 is 2.42 bits per heavy atom. The molecule has 5 rings (SSSR count). The maximum Gasteiger partial charge on any atom is 0.135 e. The van der Waals surface area contributed by atoms with Crippen molar-refractivity contribution in [2.24, 2.45) is 0 Å². The molecule has 1 aliphatic carbocycles. The molecule has 0 fully saturated rings. The quantitative estimate of drug-likeness (QED) is 0.499. The predicted octanol–water partition coefficient (Wildman–Crippen LogP) is 5.94. The van der Waals surface area contributed by atoms with Gasteiger partial charge in [0.05, 0.1) is 0 Å². The number of allylic oxidation sites excluding steroid dienone is 1. The predicted molar refractivity (Wildman–Crippen MR) is 101 cm³/mol. The Labute approximate surface area is 142 Å². The third kappa shape index (κ3) is 1.55. The van der Waals surface area contributed by atoms with Crippen LogP contribution in [0.3, 0.4) is 0 Å². The highest BCUT2D eigenvalue weighted by Crippen LogP contribution is 2.57. The molecule has 118 valence electrons. The summed E-state index contributed by atoms with van der Waals surface area (Å²) in [7, 11) is 0. The van der Waals surface area contributed by atoms with E-state index in [0.29, 0.717) is 6.61 Å². The molecule has 0 aromatic heterocycles. The van der Waals surface area contributed by atoms with Crippen LogP contribution in [0.2, 0.25) is 0 Å². The average Bonchev–Trinajstić information content (AvgIpc) is 2.84. The summed E-state index contributed by atoms with van der Waals surface area (Å²) in [5, 5.41) is 2.53. The van der Waals surface area contributed by atoms with Gasteiger partial charge in [0.15, 0.2) is 0 Å². The van der Waals surface area contributed by atoms with Crippen LogP contribution in [0.15, 0.2) is 54.6 Å². The number of hydrogen-bond acceptors (Lipinski definition) is 1. The van der Waals surface area contributed by atoms with Crippen molar-refractivity contribution in [1.29, 1.82) is 0 Å². The van der Waals surface area contributed by atoms with Crippen molar-refractivity contribution in [1.82, 2.24) is 0 Å². The third-order valence-electron chi connectivity index (χ3n) is 5.67. The summed E-state index contributed by atoms with van der Waals surface area (Å²) in [4.78, 5) is 0. The van der Waals surface area contributed by atoms with Crippen LogP contribution in [0, 0.1) is 0 Å². The van der Waals surface area contributed by atoms with E-state index in [1.165, 1.54) is 44.2 Å². The topological polar surface area (TPSA) is 9.23 Å². The number of rotatable bonds is 0. The molecule has 0 unspecified atom stereocenters. The molecule has 3 aromatic rings. The summed E-state index contributed by atoms with van der Waals surface area (Å²) in [6.45, 7) is 7.56. The van der Waals surface area contributed by atoms with Crippen molar-refractivity contribution in [3.05, 3.63) is 71.3 Å². The standard InChI is InChI=1S/C23H20O/c1-14-12-13-24-22-16-9-5-4-8-15(16)20-17-10-6-7-11-18(17)23(2,3)21(20)19(14)22/h4-12H,13H2,1-3H3. The minimum Gasteiger partial charge on any atom is -0.488 e. The van der Waals surface area contributed by atoms with Crippen molar-refractivity contribution >= 4 is 16.3 Å². The van der Waals surface area contributed by atoms with Crippen molar-refractivity contribution in [2.45, 2.75) is 26.2 Å². The van der Waals surface area contributed by atoms with E-state index in [1.54, 1.807) is 0 Å². The Kier molecular flexibility index (Phi) is 2.60. The molecule has 0 saturated carbocycles. The molecule has 0 atom stereocenters. The van der Waals surface area contributed by atoms with Crippen LogP contribution >= 0.6 is 0 Å². The van der Waals surface area contributed by atoms with E-state index < -0.39 is 0 Å². The van der Waals surface area contributed by atoms with Gasteiger partial charge in [0, 0.05) is 16.4 Å². The van der Waals surface area contributed by atoms with E-state index in [1.807, 2.05) is 0 Å². The second kappa shape index (κ2) is 4.51. The summed E-state index contributed by atoms with van der Waals surface area (Å²) >= 11 is 0. The minimum absolute atomic E-state index is 0.0180. The molecule has 2 aliphatic rings. The number of hydrogen-bond donors (Lipinski definition) is 0. The molecule has 0 amide bonds. The lowest BCUT2D eigenvalue weighted by Crippen LogP contribution is -2.19. The van der Waals surface area contributed by atoms with Gasteiger partial charge in [-0.25, -0.2) is 0 Å². The molecule has 3 aromatic carbocycles. The van der Waals surface area contributed by atoms with E-state index in [9.17, 15) is 0 Å². The zero-order chi connectivity index (χ0) is 16.5. The lowest BCUT2D eigenvalue weighted by Gasteiger charge is -2.29. The molecule has 1 nitrogen and oxygen atoms in total. The average molecular weight is 312 g/mol. The zero-order valence-corrected chi connectivity index (χ0v) is 14.3. The van der Waals surface area contributed by atoms with Crippen LogP contribution in [-0.4, -0.2) is 6.61 Å². The molecule has 0 radical (unpaired) electrons. The van der Waals surface area contributed by atoms with Crippen LogP contribution in [0.4, 0.5) is 0 Å². The van der Waals surface area contributed by atoms with Gasteiger partial charge < -0.3 is 4.74 Å². The summed E-state index contributed by atoms with van der Waals surface area (Å²) in [6, 6.07) is 17.5. The van der Waals surface area contributed by atoms with Gasteiger partial charge in [0.25, 0.3) is 0 Å². The fourth-order valence-corrected chi connectivity index (χ4v) is 4.57. The molecular formula is C23H20O. The summed E-state index contributed by atoms with van der Waals surface area (Å²) < 4.78 is 6.15. The number of benzene rings is 3. The van der Waals surface area contributed by atoms with Gasteiger partial charge >= 0.3 is 0 Å². The first-order valence-corrected chi connectivity index (χ1v) is 8.59. The van der Waals surface area contributed by atoms with Gasteiger partial charge in [-0.3, -0.25) is 0 Å². The van der Waals surface area contributed by atoms with Crippen molar-refractivity contribution in [2.75, 3.05) is 6.61 Å². The van der Waals surface area contributed by atoms with Crippen molar-refractivity contribution in [3.8, 4) is 16.9 Å². The van der Waals surface area contributed by atoms with Crippen LogP contribution in [-0.2, 0) is 5.41 Å². The summed E-state index contributed by atoms with van der Waals surface area (Å²) in [6.07, 6.45) is 2.20. The van der Waals surface area contributed by atoms with E-state index in [0.717, 1.165) is 5.75 Å². The molecular weight excluding hydrogens is 292 g/mol. The zero-order valence-electron chi connectivity index (χ0n) is 14.3. The third-order valence-corrected chi connectivity index (χ3v) is 5.67. The molecule has 1 heterocycles. The molecule has 0 spiro atoms. The Bertz CT molecular complexity index is 1040. The fourth-order valence-electron chi connectivity index (χ4n) is 4.57. The van der Waals surface area contributed by atoms with Gasteiger partial charge in [-0.2, -0.15) is 0 Å². The van der Waals surface area contributed by atoms with Gasteiger partial charge in [0.1, 0.15) is 12.4 Å². The number of fused-ring (bicyclic) bond motifs is 8. The second-order valence-electron chi connectivity index (χ2n) is 7.37. The first kappa shape index (κ1) is 13.9. The van der Waals surface area contributed by atoms with Crippen molar-refractivity contribution < 1.29 is 4.74 Å². The molecule has 24 heavy (non-hydrogen) atoms. The highest BCUT2D eigenvalue weighted by atomic mass is 16.5. The number of ether oxygens (including phenoxy) is 1. The van der Waals surface area contributed by atoms with Crippen LogP contribution in [0.25, 0.3) is 27.5 Å². The molecule has 1 heteroatoms. The van der Waals surface area contributed by atoms with Gasteiger partial charge in [-0.15, -0.1) is 0 Å². The Morgan fingerprint density at radius 1 is 0.875 bits per heavy atom. The maximum absolute atomic E-state index is 6.15. The summed E-state index contributed by atoms with van der Waals surface area (Å²) in [5.74, 6) is 1.06. The summed E-state index contributed by atoms with van der Waals surface area (Å²) in [5.41, 5.74) is 8.21. The monoisotopic (exact) mass is 312 g/mol. The second-order valence-corrected chi connectivity index (χ2v) is 7.37. The Morgan fingerprint density at radius 2 is 1.58 bits per heavy atom. The molecule has 0 N–H and O–H groups in total. The highest BCUT2D eigenvalue weighted by molar-refractivity contribution is 6.09.